The van der Waals surface area contributed by atoms with Crippen molar-refractivity contribution in [3.05, 3.63) is 65.2 Å². The van der Waals surface area contributed by atoms with Gasteiger partial charge < -0.3 is 10.1 Å². The Morgan fingerprint density at radius 2 is 1.56 bits per heavy atom. The lowest BCUT2D eigenvalue weighted by molar-refractivity contribution is -0.122. The van der Waals surface area contributed by atoms with Crippen LogP contribution in [0.15, 0.2) is 48.5 Å². The fourth-order valence-corrected chi connectivity index (χ4v) is 2.66. The van der Waals surface area contributed by atoms with E-state index in [1.807, 2.05) is 55.5 Å². The molecule has 0 saturated heterocycles. The molecule has 1 fully saturated rings. The summed E-state index contributed by atoms with van der Waals surface area (Å²) in [5, 5.41) is 3.07. The van der Waals surface area contributed by atoms with Gasteiger partial charge in [-0.05, 0) is 67.6 Å². The SMILES string of the molecule is CC(C)COc1ccc(C#Cc2ccc([C@H](C)NC(=O)C3CC3)cc2)cc1. The van der Waals surface area contributed by atoms with Crippen LogP contribution >= 0.6 is 0 Å². The fourth-order valence-electron chi connectivity index (χ4n) is 2.66. The first kappa shape index (κ1) is 19.0. The number of ether oxygens (including phenoxy) is 1. The molecule has 0 radical (unpaired) electrons. The van der Waals surface area contributed by atoms with Crippen molar-refractivity contribution in [3.63, 3.8) is 0 Å². The Bertz CT molecular complexity index is 821. The average molecular weight is 361 g/mol. The van der Waals surface area contributed by atoms with Crippen molar-refractivity contribution in [2.45, 2.75) is 39.7 Å². The number of carbonyl (C=O) groups excluding carboxylic acids is 1. The summed E-state index contributed by atoms with van der Waals surface area (Å²) >= 11 is 0. The van der Waals surface area contributed by atoms with E-state index in [9.17, 15) is 4.79 Å². The molecule has 0 aliphatic heterocycles. The zero-order valence-corrected chi connectivity index (χ0v) is 16.3. The van der Waals surface area contributed by atoms with Crippen LogP contribution in [0.4, 0.5) is 0 Å². The molecule has 1 aliphatic rings. The van der Waals surface area contributed by atoms with Crippen LogP contribution in [0, 0.1) is 23.7 Å². The molecule has 3 rings (SSSR count). The maximum absolute atomic E-state index is 11.9. The molecule has 0 unspecified atom stereocenters. The monoisotopic (exact) mass is 361 g/mol. The summed E-state index contributed by atoms with van der Waals surface area (Å²) in [6.45, 7) is 7.00. The molecule has 0 heterocycles. The van der Waals surface area contributed by atoms with Gasteiger partial charge in [-0.2, -0.15) is 0 Å². The minimum absolute atomic E-state index is 0.0264. The largest absolute Gasteiger partial charge is 0.493 e. The van der Waals surface area contributed by atoms with Gasteiger partial charge in [-0.3, -0.25) is 4.79 Å². The highest BCUT2D eigenvalue weighted by molar-refractivity contribution is 5.81. The van der Waals surface area contributed by atoms with Gasteiger partial charge in [0.05, 0.1) is 12.6 Å². The molecule has 140 valence electrons. The predicted octanol–water partition coefficient (Wildman–Crippen LogP) is 4.71. The zero-order chi connectivity index (χ0) is 19.2. The van der Waals surface area contributed by atoms with Crippen molar-refractivity contribution in [2.75, 3.05) is 6.61 Å². The maximum Gasteiger partial charge on any atom is 0.223 e. The van der Waals surface area contributed by atoms with Crippen LogP contribution < -0.4 is 10.1 Å². The number of hydrogen-bond donors (Lipinski definition) is 1. The molecular weight excluding hydrogens is 334 g/mol. The lowest BCUT2D eigenvalue weighted by atomic mass is 10.1. The smallest absolute Gasteiger partial charge is 0.223 e. The van der Waals surface area contributed by atoms with Crippen LogP contribution in [0.1, 0.15) is 56.3 Å². The summed E-state index contributed by atoms with van der Waals surface area (Å²) in [6, 6.07) is 16.0. The first-order chi connectivity index (χ1) is 13.0. The molecule has 3 nitrogen and oxygen atoms in total. The number of nitrogens with one attached hydrogen (secondary N) is 1. The first-order valence-corrected chi connectivity index (χ1v) is 9.66. The van der Waals surface area contributed by atoms with E-state index in [0.29, 0.717) is 5.92 Å². The van der Waals surface area contributed by atoms with E-state index in [-0.39, 0.29) is 17.9 Å². The lowest BCUT2D eigenvalue weighted by Gasteiger charge is -2.14. The average Bonchev–Trinajstić information content (AvgIpc) is 3.51. The van der Waals surface area contributed by atoms with Crippen LogP contribution in [0.5, 0.6) is 5.75 Å². The second-order valence-electron chi connectivity index (χ2n) is 7.61. The van der Waals surface area contributed by atoms with Gasteiger partial charge in [0, 0.05) is 17.0 Å². The second-order valence-corrected chi connectivity index (χ2v) is 7.61. The van der Waals surface area contributed by atoms with Crippen molar-refractivity contribution >= 4 is 5.91 Å². The highest BCUT2D eigenvalue weighted by Crippen LogP contribution is 2.29. The van der Waals surface area contributed by atoms with Crippen molar-refractivity contribution in [1.82, 2.24) is 5.32 Å². The minimum atomic E-state index is 0.0264. The van der Waals surface area contributed by atoms with Gasteiger partial charge in [0.15, 0.2) is 0 Å². The Balaban J connectivity index is 1.57. The quantitative estimate of drug-likeness (QED) is 0.757. The third-order valence-electron chi connectivity index (χ3n) is 4.51. The van der Waals surface area contributed by atoms with Crippen LogP contribution in [0.2, 0.25) is 0 Å². The Labute approximate surface area is 162 Å². The van der Waals surface area contributed by atoms with E-state index in [2.05, 4.69) is 31.0 Å². The molecule has 1 aliphatic carbocycles. The van der Waals surface area contributed by atoms with Crippen molar-refractivity contribution in [2.24, 2.45) is 11.8 Å². The van der Waals surface area contributed by atoms with E-state index in [1.54, 1.807) is 0 Å². The number of hydrogen-bond acceptors (Lipinski definition) is 2. The summed E-state index contributed by atoms with van der Waals surface area (Å²) in [4.78, 5) is 11.9. The van der Waals surface area contributed by atoms with Gasteiger partial charge in [-0.25, -0.2) is 0 Å². The number of rotatable bonds is 6. The van der Waals surface area contributed by atoms with E-state index < -0.39 is 0 Å². The Morgan fingerprint density at radius 3 is 2.07 bits per heavy atom. The third-order valence-corrected chi connectivity index (χ3v) is 4.51. The normalized spacial score (nSPS) is 14.2. The number of amides is 1. The molecule has 3 heteroatoms. The van der Waals surface area contributed by atoms with Crippen molar-refractivity contribution in [3.8, 4) is 17.6 Å². The van der Waals surface area contributed by atoms with Crippen LogP contribution in [0.3, 0.4) is 0 Å². The molecule has 1 N–H and O–H groups in total. The predicted molar refractivity (Wildman–Crippen MR) is 108 cm³/mol. The van der Waals surface area contributed by atoms with Gasteiger partial charge in [0.1, 0.15) is 5.75 Å². The molecular formula is C24H27NO2. The molecule has 0 bridgehead atoms. The third kappa shape index (κ3) is 5.89. The van der Waals surface area contributed by atoms with Gasteiger partial charge in [0.2, 0.25) is 5.91 Å². The van der Waals surface area contributed by atoms with Crippen molar-refractivity contribution in [1.29, 1.82) is 0 Å². The Morgan fingerprint density at radius 1 is 1.00 bits per heavy atom. The molecule has 27 heavy (non-hydrogen) atoms. The fraction of sp³-hybridized carbons (Fsp3) is 0.375. The summed E-state index contributed by atoms with van der Waals surface area (Å²) in [7, 11) is 0. The molecule has 0 aromatic heterocycles. The number of carbonyl (C=O) groups is 1. The van der Waals surface area contributed by atoms with Gasteiger partial charge in [-0.15, -0.1) is 0 Å². The van der Waals surface area contributed by atoms with E-state index in [0.717, 1.165) is 41.9 Å². The standard InChI is InChI=1S/C24H27NO2/c1-17(2)16-27-23-14-8-20(9-15-23)5-4-19-6-10-21(11-7-19)18(3)25-24(26)22-12-13-22/h6-11,14-15,17-18,22H,12-13,16H2,1-3H3,(H,25,26)/t18-/m0/s1. The zero-order valence-electron chi connectivity index (χ0n) is 16.3. The summed E-state index contributed by atoms with van der Waals surface area (Å²) in [6.07, 6.45) is 2.05. The maximum atomic E-state index is 11.9. The molecule has 1 atom stereocenters. The highest BCUT2D eigenvalue weighted by Gasteiger charge is 2.30. The Hall–Kier alpha value is -2.73. The topological polar surface area (TPSA) is 38.3 Å². The molecule has 1 amide bonds. The van der Waals surface area contributed by atoms with Crippen LogP contribution in [-0.4, -0.2) is 12.5 Å². The summed E-state index contributed by atoms with van der Waals surface area (Å²) in [5.74, 6) is 8.17. The van der Waals surface area contributed by atoms with Gasteiger partial charge in [0.25, 0.3) is 0 Å². The molecule has 0 spiro atoms. The van der Waals surface area contributed by atoms with E-state index in [1.165, 1.54) is 0 Å². The highest BCUT2D eigenvalue weighted by atomic mass is 16.5. The molecule has 2 aromatic rings. The van der Waals surface area contributed by atoms with E-state index >= 15 is 0 Å². The lowest BCUT2D eigenvalue weighted by Crippen LogP contribution is -2.27. The minimum Gasteiger partial charge on any atom is -0.493 e. The first-order valence-electron chi connectivity index (χ1n) is 9.66. The van der Waals surface area contributed by atoms with Crippen LogP contribution in [-0.2, 0) is 4.79 Å². The van der Waals surface area contributed by atoms with Gasteiger partial charge in [-0.1, -0.05) is 37.8 Å². The van der Waals surface area contributed by atoms with E-state index in [4.69, 9.17) is 4.74 Å². The molecule has 1 saturated carbocycles. The Kier molecular flexibility index (Phi) is 6.19. The van der Waals surface area contributed by atoms with Crippen LogP contribution in [0.25, 0.3) is 0 Å². The second kappa shape index (κ2) is 8.77. The van der Waals surface area contributed by atoms with Gasteiger partial charge >= 0.3 is 0 Å². The summed E-state index contributed by atoms with van der Waals surface area (Å²) in [5.41, 5.74) is 3.02. The molecule has 2 aromatic carbocycles. The number of benzene rings is 2. The summed E-state index contributed by atoms with van der Waals surface area (Å²) < 4.78 is 5.69. The van der Waals surface area contributed by atoms with Crippen molar-refractivity contribution < 1.29 is 9.53 Å².